The Labute approximate surface area is 193 Å². The molecule has 7 heteroatoms. The van der Waals surface area contributed by atoms with Crippen LogP contribution < -0.4 is 10.9 Å². The van der Waals surface area contributed by atoms with Crippen molar-refractivity contribution in [2.24, 2.45) is 7.05 Å². The van der Waals surface area contributed by atoms with E-state index in [9.17, 15) is 9.59 Å². The van der Waals surface area contributed by atoms with Crippen LogP contribution in [0.4, 0.5) is 0 Å². The van der Waals surface area contributed by atoms with Gasteiger partial charge in [-0.2, -0.15) is 5.10 Å². The molecule has 0 atom stereocenters. The molecule has 0 fully saturated rings. The first-order valence-corrected chi connectivity index (χ1v) is 11.1. The second-order valence-corrected chi connectivity index (χ2v) is 8.63. The van der Waals surface area contributed by atoms with Gasteiger partial charge in [-0.25, -0.2) is 9.67 Å². The van der Waals surface area contributed by atoms with Gasteiger partial charge in [-0.05, 0) is 51.0 Å². The van der Waals surface area contributed by atoms with Gasteiger partial charge < -0.3 is 5.32 Å². The Morgan fingerprint density at radius 2 is 1.70 bits per heavy atom. The normalized spacial score (nSPS) is 11.2. The van der Waals surface area contributed by atoms with Crippen LogP contribution in [0.15, 0.2) is 47.3 Å². The Kier molecular flexibility index (Phi) is 6.14. The summed E-state index contributed by atoms with van der Waals surface area (Å²) in [5, 5.41) is 7.58. The van der Waals surface area contributed by atoms with Gasteiger partial charge in [0.15, 0.2) is 5.65 Å². The number of aromatic nitrogens is 4. The summed E-state index contributed by atoms with van der Waals surface area (Å²) in [6.07, 6.45) is 0.472. The zero-order valence-electron chi connectivity index (χ0n) is 19.8. The van der Waals surface area contributed by atoms with Crippen LogP contribution in [0.5, 0.6) is 0 Å². The smallest absolute Gasteiger partial charge is 0.273 e. The molecule has 2 heterocycles. The topological polar surface area (TPSA) is 81.8 Å². The van der Waals surface area contributed by atoms with Gasteiger partial charge in [-0.15, -0.1) is 0 Å². The Balaban J connectivity index is 1.54. The molecule has 4 aromatic rings. The second-order valence-electron chi connectivity index (χ2n) is 8.63. The SMILES string of the molecule is Cc1ccc(-n2nc(C)c3nc(CCC(=O)NCc4cc(C)ccc4C)c(=O)n(C)c32)cc1. The van der Waals surface area contributed by atoms with Crippen molar-refractivity contribution in [1.29, 1.82) is 0 Å². The van der Waals surface area contributed by atoms with E-state index >= 15 is 0 Å². The average molecular weight is 444 g/mol. The van der Waals surface area contributed by atoms with Crippen LogP contribution in [0.2, 0.25) is 0 Å². The number of rotatable bonds is 6. The summed E-state index contributed by atoms with van der Waals surface area (Å²) >= 11 is 0. The standard InChI is InChI=1S/C26H29N5O2/c1-16-7-10-21(11-8-16)31-25-24(19(4)29-31)28-22(26(33)30(25)5)12-13-23(32)27-15-20-14-17(2)6-9-18(20)3/h6-11,14H,12-13,15H2,1-5H3,(H,27,32). The lowest BCUT2D eigenvalue weighted by Gasteiger charge is -2.10. The highest BCUT2D eigenvalue weighted by Gasteiger charge is 2.18. The van der Waals surface area contributed by atoms with Crippen molar-refractivity contribution in [2.75, 3.05) is 0 Å². The lowest BCUT2D eigenvalue weighted by molar-refractivity contribution is -0.121. The first-order valence-electron chi connectivity index (χ1n) is 11.1. The van der Waals surface area contributed by atoms with Gasteiger partial charge >= 0.3 is 0 Å². The first kappa shape index (κ1) is 22.5. The van der Waals surface area contributed by atoms with Gasteiger partial charge in [-0.1, -0.05) is 41.5 Å². The molecule has 33 heavy (non-hydrogen) atoms. The van der Waals surface area contributed by atoms with E-state index in [1.54, 1.807) is 16.3 Å². The van der Waals surface area contributed by atoms with Crippen LogP contribution in [-0.2, 0) is 24.8 Å². The summed E-state index contributed by atoms with van der Waals surface area (Å²) in [5.41, 5.74) is 7.63. The minimum Gasteiger partial charge on any atom is -0.352 e. The lowest BCUT2D eigenvalue weighted by atomic mass is 10.1. The van der Waals surface area contributed by atoms with Crippen molar-refractivity contribution in [1.82, 2.24) is 24.6 Å². The van der Waals surface area contributed by atoms with E-state index in [1.165, 1.54) is 0 Å². The van der Waals surface area contributed by atoms with Gasteiger partial charge in [0.25, 0.3) is 5.56 Å². The molecule has 0 aliphatic rings. The van der Waals surface area contributed by atoms with Gasteiger partial charge in [0.05, 0.1) is 11.4 Å². The number of carbonyl (C=O) groups is 1. The fraction of sp³-hybridized carbons (Fsp3) is 0.308. The number of nitrogens with zero attached hydrogens (tertiary/aromatic N) is 4. The number of nitrogens with one attached hydrogen (secondary N) is 1. The van der Waals surface area contributed by atoms with E-state index in [0.717, 1.165) is 33.6 Å². The molecule has 4 rings (SSSR count). The Morgan fingerprint density at radius 1 is 1.00 bits per heavy atom. The van der Waals surface area contributed by atoms with Crippen molar-refractivity contribution in [3.05, 3.63) is 86.5 Å². The van der Waals surface area contributed by atoms with Crippen molar-refractivity contribution in [3.63, 3.8) is 0 Å². The van der Waals surface area contributed by atoms with Gasteiger partial charge in [0.1, 0.15) is 11.2 Å². The van der Waals surface area contributed by atoms with E-state index < -0.39 is 0 Å². The van der Waals surface area contributed by atoms with Gasteiger partial charge in [-0.3, -0.25) is 14.2 Å². The fourth-order valence-electron chi connectivity index (χ4n) is 3.94. The number of benzene rings is 2. The van der Waals surface area contributed by atoms with E-state index in [2.05, 4.69) is 33.6 Å². The zero-order chi connectivity index (χ0) is 23.7. The molecule has 0 unspecified atom stereocenters. The maximum atomic E-state index is 13.0. The van der Waals surface area contributed by atoms with Crippen LogP contribution in [0, 0.1) is 27.7 Å². The number of hydrogen-bond acceptors (Lipinski definition) is 4. The molecule has 0 saturated carbocycles. The maximum Gasteiger partial charge on any atom is 0.273 e. The Morgan fingerprint density at radius 3 is 2.42 bits per heavy atom. The summed E-state index contributed by atoms with van der Waals surface area (Å²) in [5.74, 6) is -0.105. The number of hydrogen-bond donors (Lipinski definition) is 1. The molecule has 0 radical (unpaired) electrons. The molecule has 2 aromatic heterocycles. The van der Waals surface area contributed by atoms with Crippen LogP contribution in [0.3, 0.4) is 0 Å². The van der Waals surface area contributed by atoms with Crippen molar-refractivity contribution < 1.29 is 4.79 Å². The maximum absolute atomic E-state index is 13.0. The molecule has 0 aliphatic heterocycles. The summed E-state index contributed by atoms with van der Waals surface area (Å²) in [7, 11) is 1.72. The first-order chi connectivity index (χ1) is 15.7. The third-order valence-electron chi connectivity index (χ3n) is 5.97. The van der Waals surface area contributed by atoms with Crippen LogP contribution >= 0.6 is 0 Å². The van der Waals surface area contributed by atoms with E-state index in [0.29, 0.717) is 23.4 Å². The predicted octanol–water partition coefficient (Wildman–Crippen LogP) is 3.60. The van der Waals surface area contributed by atoms with Crippen LogP contribution in [0.25, 0.3) is 16.9 Å². The quantitative estimate of drug-likeness (QED) is 0.494. The highest BCUT2D eigenvalue weighted by molar-refractivity contribution is 5.77. The average Bonchev–Trinajstić information content (AvgIpc) is 3.12. The summed E-state index contributed by atoms with van der Waals surface area (Å²) in [6, 6.07) is 14.2. The highest BCUT2D eigenvalue weighted by Crippen LogP contribution is 2.20. The minimum absolute atomic E-state index is 0.105. The zero-order valence-corrected chi connectivity index (χ0v) is 19.8. The van der Waals surface area contributed by atoms with Gasteiger partial charge in [0, 0.05) is 26.4 Å². The predicted molar refractivity (Wildman–Crippen MR) is 130 cm³/mol. The highest BCUT2D eigenvalue weighted by atomic mass is 16.1. The summed E-state index contributed by atoms with van der Waals surface area (Å²) in [4.78, 5) is 30.1. The lowest BCUT2D eigenvalue weighted by Crippen LogP contribution is -2.27. The summed E-state index contributed by atoms with van der Waals surface area (Å²) < 4.78 is 3.32. The monoisotopic (exact) mass is 443 g/mol. The van der Waals surface area contributed by atoms with Crippen LogP contribution in [-0.4, -0.2) is 25.2 Å². The third-order valence-corrected chi connectivity index (χ3v) is 5.97. The molecule has 170 valence electrons. The number of fused-ring (bicyclic) bond motifs is 1. The van der Waals surface area contributed by atoms with Crippen LogP contribution in [0.1, 0.15) is 40.1 Å². The van der Waals surface area contributed by atoms with E-state index in [-0.39, 0.29) is 24.3 Å². The molecule has 0 saturated heterocycles. The van der Waals surface area contributed by atoms with Crippen molar-refractivity contribution >= 4 is 17.1 Å². The summed E-state index contributed by atoms with van der Waals surface area (Å²) in [6.45, 7) is 8.44. The number of aryl methyl sites for hydroxylation is 6. The largest absolute Gasteiger partial charge is 0.352 e. The molecule has 0 spiro atoms. The molecule has 0 bridgehead atoms. The van der Waals surface area contributed by atoms with E-state index in [1.807, 2.05) is 52.0 Å². The third kappa shape index (κ3) is 4.58. The van der Waals surface area contributed by atoms with Crippen molar-refractivity contribution in [3.8, 4) is 5.69 Å². The number of carbonyl (C=O) groups excluding carboxylic acids is 1. The van der Waals surface area contributed by atoms with E-state index in [4.69, 9.17) is 0 Å². The molecular formula is C26H29N5O2. The van der Waals surface area contributed by atoms with Gasteiger partial charge in [0.2, 0.25) is 5.91 Å². The fourth-order valence-corrected chi connectivity index (χ4v) is 3.94. The Bertz CT molecular complexity index is 1400. The molecule has 2 aromatic carbocycles. The number of amides is 1. The van der Waals surface area contributed by atoms with Crippen molar-refractivity contribution in [2.45, 2.75) is 47.1 Å². The second kappa shape index (κ2) is 9.02. The molecular weight excluding hydrogens is 414 g/mol. The Hall–Kier alpha value is -3.74. The molecule has 1 amide bonds. The molecule has 0 aliphatic carbocycles. The minimum atomic E-state index is -0.210. The molecule has 7 nitrogen and oxygen atoms in total. The molecule has 1 N–H and O–H groups in total.